The largest absolute Gasteiger partial charge is 0.514 e. The van der Waals surface area contributed by atoms with Gasteiger partial charge in [0.05, 0.1) is 11.0 Å². The number of allylic oxidation sites excluding steroid dienone is 2. The third-order valence-electron chi connectivity index (χ3n) is 12.0. The van der Waals surface area contributed by atoms with Crippen LogP contribution in [0.3, 0.4) is 0 Å². The molecular weight excluding hydrogens is 743 g/mol. The van der Waals surface area contributed by atoms with Crippen LogP contribution in [0.2, 0.25) is 0 Å². The van der Waals surface area contributed by atoms with E-state index < -0.39 is 59.0 Å². The molecule has 0 aromatic heterocycles. The molecule has 2 bridgehead atoms. The van der Waals surface area contributed by atoms with Crippen LogP contribution in [0.4, 0.5) is 4.79 Å². The van der Waals surface area contributed by atoms with Gasteiger partial charge in [0.15, 0.2) is 29.8 Å². The highest BCUT2D eigenvalue weighted by Gasteiger charge is 2.72. The highest BCUT2D eigenvalue weighted by atomic mass is 16.7. The monoisotopic (exact) mass is 809 g/mol. The molecule has 322 valence electrons. The van der Waals surface area contributed by atoms with Crippen molar-refractivity contribution in [3.8, 4) is 11.5 Å². The number of likely N-dealkylation sites (N-methyl/N-ethyl adjacent to an activating group) is 1. The third-order valence-corrected chi connectivity index (χ3v) is 12.0. The van der Waals surface area contributed by atoms with Crippen molar-refractivity contribution in [1.29, 1.82) is 0 Å². The molecule has 1 saturated heterocycles. The number of nitrogens with zero attached hydrogens (tertiary/aromatic N) is 1. The van der Waals surface area contributed by atoms with E-state index in [1.165, 1.54) is 52.4 Å². The fourth-order valence-electron chi connectivity index (χ4n) is 9.03. The van der Waals surface area contributed by atoms with Crippen molar-refractivity contribution in [3.63, 3.8) is 0 Å². The van der Waals surface area contributed by atoms with Crippen LogP contribution in [0.25, 0.3) is 0 Å². The van der Waals surface area contributed by atoms with E-state index >= 15 is 0 Å². The Morgan fingerprint density at radius 1 is 0.897 bits per heavy atom. The second-order valence-corrected chi connectivity index (χ2v) is 17.6. The molecule has 1 fully saturated rings. The van der Waals surface area contributed by atoms with E-state index in [1.54, 1.807) is 32.9 Å². The summed E-state index contributed by atoms with van der Waals surface area (Å²) in [6, 6.07) is 3.31. The Balaban J connectivity index is 1.09. The Bertz CT molecular complexity index is 1680. The molecule has 0 unspecified atom stereocenters. The second-order valence-electron chi connectivity index (χ2n) is 17.6. The van der Waals surface area contributed by atoms with Gasteiger partial charge < -0.3 is 38.4 Å². The lowest BCUT2D eigenvalue weighted by molar-refractivity contribution is -0.180. The predicted octanol–water partition coefficient (Wildman–Crippen LogP) is 8.72. The maximum absolute atomic E-state index is 13.5. The lowest BCUT2D eigenvalue weighted by atomic mass is 9.50. The Morgan fingerprint density at radius 3 is 2.21 bits per heavy atom. The van der Waals surface area contributed by atoms with Crippen molar-refractivity contribution in [3.05, 3.63) is 47.2 Å². The van der Waals surface area contributed by atoms with Crippen LogP contribution >= 0.6 is 0 Å². The van der Waals surface area contributed by atoms with E-state index in [2.05, 4.69) is 24.0 Å². The number of aliphatic hydroxyl groups is 1. The minimum Gasteiger partial charge on any atom is -0.477 e. The first-order chi connectivity index (χ1) is 27.6. The van der Waals surface area contributed by atoms with E-state index in [-0.39, 0.29) is 30.4 Å². The number of ether oxygens (including phenoxy) is 6. The van der Waals surface area contributed by atoms with Gasteiger partial charge in [-0.3, -0.25) is 4.79 Å². The fraction of sp³-hybridized carbons (Fsp3) is 0.696. The van der Waals surface area contributed by atoms with Crippen molar-refractivity contribution in [1.82, 2.24) is 4.90 Å². The third kappa shape index (κ3) is 10.4. The lowest BCUT2D eigenvalue weighted by Gasteiger charge is -2.61. The second kappa shape index (κ2) is 19.9. The highest BCUT2D eigenvalue weighted by molar-refractivity contribution is 5.83. The number of likely N-dealkylation sites (tertiary alicyclic amines) is 1. The maximum Gasteiger partial charge on any atom is 0.514 e. The summed E-state index contributed by atoms with van der Waals surface area (Å²) in [6.07, 6.45) is 18.3. The van der Waals surface area contributed by atoms with Crippen LogP contribution in [0.15, 0.2) is 36.1 Å². The van der Waals surface area contributed by atoms with Gasteiger partial charge in [0, 0.05) is 24.4 Å². The molecule has 2 aliphatic heterocycles. The van der Waals surface area contributed by atoms with Crippen LogP contribution < -0.4 is 9.47 Å². The first-order valence-electron chi connectivity index (χ1n) is 21.7. The number of esters is 3. The number of hydrogen-bond donors (Lipinski definition) is 1. The predicted molar refractivity (Wildman–Crippen MR) is 218 cm³/mol. The average molecular weight is 810 g/mol. The van der Waals surface area contributed by atoms with Crippen molar-refractivity contribution in [2.45, 2.75) is 192 Å². The molecule has 1 N–H and O–H groups in total. The summed E-state index contributed by atoms with van der Waals surface area (Å²) in [5, 5.41) is 12.5. The fourth-order valence-corrected chi connectivity index (χ4v) is 9.03. The van der Waals surface area contributed by atoms with Gasteiger partial charge >= 0.3 is 24.1 Å². The SMILES string of the molecule is CCCCCCCC/C=C\CCCCCCCC(=O)O[C@@H](C)C(=O)O[C@@H](C)C(=O)OC1=CC[C@@]2(O)[C@H]3Cc4ccc(OC(=O)OC(C)(C)C)c5c4[C@@]2(CCN3C)[C@H]1O5. The molecule has 12 heteroatoms. The van der Waals surface area contributed by atoms with E-state index in [1.807, 2.05) is 13.1 Å². The van der Waals surface area contributed by atoms with Gasteiger partial charge in [-0.1, -0.05) is 76.5 Å². The topological polar surface area (TPSA) is 147 Å². The zero-order valence-electron chi connectivity index (χ0n) is 35.9. The molecule has 12 nitrogen and oxygen atoms in total. The van der Waals surface area contributed by atoms with Gasteiger partial charge in [-0.25, -0.2) is 14.4 Å². The number of rotatable bonds is 21. The Labute approximate surface area is 345 Å². The van der Waals surface area contributed by atoms with E-state index in [4.69, 9.17) is 28.4 Å². The minimum atomic E-state index is -1.33. The van der Waals surface area contributed by atoms with Crippen molar-refractivity contribution in [2.24, 2.45) is 0 Å². The van der Waals surface area contributed by atoms with Gasteiger partial charge in [0.1, 0.15) is 11.4 Å². The van der Waals surface area contributed by atoms with Crippen LogP contribution in [-0.2, 0) is 45.2 Å². The molecule has 1 aromatic rings. The van der Waals surface area contributed by atoms with Crippen molar-refractivity contribution in [2.75, 3.05) is 13.6 Å². The molecule has 4 aliphatic rings. The summed E-state index contributed by atoms with van der Waals surface area (Å²) in [4.78, 5) is 53.8. The summed E-state index contributed by atoms with van der Waals surface area (Å²) >= 11 is 0. The summed E-state index contributed by atoms with van der Waals surface area (Å²) in [7, 11) is 1.99. The van der Waals surface area contributed by atoms with Crippen LogP contribution in [0.5, 0.6) is 11.5 Å². The number of carbonyl (C=O) groups is 4. The molecule has 58 heavy (non-hydrogen) atoms. The molecular formula is C46H67NO11. The minimum absolute atomic E-state index is 0.144. The normalized spacial score (nSPS) is 24.2. The Hall–Kier alpha value is -3.90. The highest BCUT2D eigenvalue weighted by Crippen LogP contribution is 2.65. The zero-order valence-corrected chi connectivity index (χ0v) is 35.9. The first kappa shape index (κ1) is 45.2. The van der Waals surface area contributed by atoms with Gasteiger partial charge in [0.25, 0.3) is 0 Å². The lowest BCUT2D eigenvalue weighted by Crippen LogP contribution is -2.74. The number of benzene rings is 1. The molecule has 1 aromatic carbocycles. The van der Waals surface area contributed by atoms with Gasteiger partial charge in [-0.15, -0.1) is 0 Å². The molecule has 0 radical (unpaired) electrons. The maximum atomic E-state index is 13.5. The van der Waals surface area contributed by atoms with E-state index in [0.717, 1.165) is 49.7 Å². The standard InChI is InChI=1S/C46H67NO11/c1-8-9-10-11-12-13-14-15-16-17-18-19-20-21-22-23-37(48)53-31(2)41(49)54-32(3)42(50)55-35-26-27-46(52)36-30-33-24-25-34(56-43(51)58-44(4,5)6)39-38(33)45(46,40(35)57-39)28-29-47(36)7/h15-16,24-26,31-32,36,40,52H,8-14,17-23,27-30H2,1-7H3/b16-15-/t31-,32-,36+,40-,45-,46+/m0/s1. The number of hydrogen-bond acceptors (Lipinski definition) is 12. The molecule has 0 amide bonds. The molecule has 0 saturated carbocycles. The molecule has 6 atom stereocenters. The van der Waals surface area contributed by atoms with E-state index in [0.29, 0.717) is 31.6 Å². The summed E-state index contributed by atoms with van der Waals surface area (Å²) in [5.74, 6) is -1.59. The summed E-state index contributed by atoms with van der Waals surface area (Å²) < 4.78 is 34.3. The molecule has 5 rings (SSSR count). The van der Waals surface area contributed by atoms with Crippen molar-refractivity contribution >= 4 is 24.1 Å². The van der Waals surface area contributed by atoms with Gasteiger partial charge in [-0.05, 0) is 111 Å². The van der Waals surface area contributed by atoms with Crippen LogP contribution in [-0.4, -0.2) is 83.2 Å². The quantitative estimate of drug-likeness (QED) is 0.0417. The van der Waals surface area contributed by atoms with Gasteiger partial charge in [-0.2, -0.15) is 0 Å². The first-order valence-corrected chi connectivity index (χ1v) is 21.7. The van der Waals surface area contributed by atoms with Crippen LogP contribution in [0.1, 0.15) is 155 Å². The number of piperidine rings is 1. The summed E-state index contributed by atoms with van der Waals surface area (Å²) in [5.41, 5.74) is -1.37. The zero-order chi connectivity index (χ0) is 42.1. The Kier molecular flexibility index (Phi) is 15.5. The smallest absolute Gasteiger partial charge is 0.477 e. The number of carbonyl (C=O) groups excluding carboxylic acids is 4. The van der Waals surface area contributed by atoms with Gasteiger partial charge in [0.2, 0.25) is 0 Å². The summed E-state index contributed by atoms with van der Waals surface area (Å²) in [6.45, 7) is 10.9. The Morgan fingerprint density at radius 2 is 1.53 bits per heavy atom. The average Bonchev–Trinajstić information content (AvgIpc) is 3.52. The van der Waals surface area contributed by atoms with Crippen molar-refractivity contribution < 1.29 is 52.7 Å². The number of unbranched alkanes of at least 4 members (excludes halogenated alkanes) is 11. The van der Waals surface area contributed by atoms with Crippen LogP contribution in [0, 0.1) is 0 Å². The molecule has 1 spiro atoms. The molecule has 2 heterocycles. The van der Waals surface area contributed by atoms with E-state index in [9.17, 15) is 24.3 Å². The molecule has 2 aliphatic carbocycles.